The van der Waals surface area contributed by atoms with Crippen LogP contribution in [0.3, 0.4) is 0 Å². The van der Waals surface area contributed by atoms with E-state index in [2.05, 4.69) is 15.2 Å². The lowest BCUT2D eigenvalue weighted by Gasteiger charge is -2.18. The van der Waals surface area contributed by atoms with Crippen LogP contribution in [-0.4, -0.2) is 32.9 Å². The van der Waals surface area contributed by atoms with Gasteiger partial charge in [0.05, 0.1) is 29.6 Å². The van der Waals surface area contributed by atoms with Crippen molar-refractivity contribution in [3.8, 4) is 17.1 Å². The van der Waals surface area contributed by atoms with Crippen molar-refractivity contribution >= 4 is 5.97 Å². The zero-order valence-corrected chi connectivity index (χ0v) is 15.0. The molecule has 0 amide bonds. The molecule has 2 aromatic heterocycles. The number of carboxylic acid groups (broad SMARTS) is 1. The molecule has 0 radical (unpaired) electrons. The number of unbranched alkanes of at least 4 members (excludes halogenated alkanes) is 4. The first kappa shape index (κ1) is 19.0. The highest BCUT2D eigenvalue weighted by Crippen LogP contribution is 2.24. The Balaban J connectivity index is 1.55. The second-order valence-electron chi connectivity index (χ2n) is 6.90. The molecule has 25 heavy (non-hydrogen) atoms. The monoisotopic (exact) mass is 345 g/mol. The van der Waals surface area contributed by atoms with Crippen molar-refractivity contribution in [3.05, 3.63) is 30.6 Å². The third-order valence-corrected chi connectivity index (χ3v) is 4.31. The molecule has 0 aliphatic heterocycles. The number of pyridine rings is 1. The number of ether oxygens (including phenoxy) is 1. The van der Waals surface area contributed by atoms with Gasteiger partial charge in [0.1, 0.15) is 5.75 Å². The fourth-order valence-corrected chi connectivity index (χ4v) is 2.52. The van der Waals surface area contributed by atoms with Crippen molar-refractivity contribution in [2.75, 3.05) is 6.61 Å². The van der Waals surface area contributed by atoms with Crippen LogP contribution in [0.1, 0.15) is 52.4 Å². The number of carbonyl (C=O) groups is 1. The van der Waals surface area contributed by atoms with Crippen LogP contribution >= 0.6 is 0 Å². The van der Waals surface area contributed by atoms with E-state index in [1.165, 1.54) is 0 Å². The first-order valence-corrected chi connectivity index (χ1v) is 8.81. The number of aromatic amines is 1. The molecule has 136 valence electrons. The Kier molecular flexibility index (Phi) is 6.98. The first-order chi connectivity index (χ1) is 12.0. The predicted octanol–water partition coefficient (Wildman–Crippen LogP) is 4.30. The van der Waals surface area contributed by atoms with E-state index in [0.29, 0.717) is 6.61 Å². The third kappa shape index (κ3) is 6.21. The first-order valence-electron chi connectivity index (χ1n) is 8.81. The molecule has 0 saturated heterocycles. The molecular weight excluding hydrogens is 318 g/mol. The van der Waals surface area contributed by atoms with Gasteiger partial charge >= 0.3 is 5.97 Å². The van der Waals surface area contributed by atoms with Gasteiger partial charge in [-0.15, -0.1) is 0 Å². The Morgan fingerprint density at radius 2 is 1.92 bits per heavy atom. The predicted molar refractivity (Wildman–Crippen MR) is 96.4 cm³/mol. The highest BCUT2D eigenvalue weighted by atomic mass is 16.5. The molecule has 6 heteroatoms. The lowest BCUT2D eigenvalue weighted by atomic mass is 9.87. The van der Waals surface area contributed by atoms with Gasteiger partial charge in [-0.2, -0.15) is 5.10 Å². The average molecular weight is 345 g/mol. The van der Waals surface area contributed by atoms with Crippen LogP contribution in [0, 0.1) is 5.41 Å². The van der Waals surface area contributed by atoms with Gasteiger partial charge in [-0.3, -0.25) is 14.9 Å². The summed E-state index contributed by atoms with van der Waals surface area (Å²) in [5.41, 5.74) is 1.12. The highest BCUT2D eigenvalue weighted by Gasteiger charge is 2.25. The van der Waals surface area contributed by atoms with Gasteiger partial charge in [0.25, 0.3) is 0 Å². The minimum absolute atomic E-state index is 0.613. The zero-order valence-electron chi connectivity index (χ0n) is 15.0. The lowest BCUT2D eigenvalue weighted by molar-refractivity contribution is -0.147. The van der Waals surface area contributed by atoms with Gasteiger partial charge in [-0.1, -0.05) is 25.7 Å². The maximum Gasteiger partial charge on any atom is 0.309 e. The van der Waals surface area contributed by atoms with Crippen LogP contribution in [0.4, 0.5) is 0 Å². The molecule has 2 heterocycles. The van der Waals surface area contributed by atoms with E-state index in [-0.39, 0.29) is 0 Å². The summed E-state index contributed by atoms with van der Waals surface area (Å²) in [5, 5.41) is 15.9. The van der Waals surface area contributed by atoms with Crippen LogP contribution in [0.2, 0.25) is 0 Å². The molecule has 2 N–H and O–H groups in total. The second kappa shape index (κ2) is 9.20. The van der Waals surface area contributed by atoms with Crippen LogP contribution < -0.4 is 4.74 Å². The van der Waals surface area contributed by atoms with Gasteiger partial charge in [0.15, 0.2) is 0 Å². The summed E-state index contributed by atoms with van der Waals surface area (Å²) in [4.78, 5) is 15.4. The molecule has 6 nitrogen and oxygen atoms in total. The fraction of sp³-hybridized carbons (Fsp3) is 0.526. The quantitative estimate of drug-likeness (QED) is 0.593. The van der Waals surface area contributed by atoms with Crippen molar-refractivity contribution < 1.29 is 14.6 Å². The summed E-state index contributed by atoms with van der Waals surface area (Å²) < 4.78 is 5.70. The summed E-state index contributed by atoms with van der Waals surface area (Å²) in [6.45, 7) is 4.25. The van der Waals surface area contributed by atoms with Crippen LogP contribution in [0.25, 0.3) is 11.4 Å². The van der Waals surface area contributed by atoms with Gasteiger partial charge in [0, 0.05) is 6.20 Å². The van der Waals surface area contributed by atoms with Crippen molar-refractivity contribution in [1.82, 2.24) is 15.2 Å². The van der Waals surface area contributed by atoms with Crippen molar-refractivity contribution in [1.29, 1.82) is 0 Å². The van der Waals surface area contributed by atoms with Crippen LogP contribution in [0.15, 0.2) is 30.6 Å². The van der Waals surface area contributed by atoms with Crippen molar-refractivity contribution in [3.63, 3.8) is 0 Å². The maximum atomic E-state index is 11.0. The topological polar surface area (TPSA) is 88.1 Å². The highest BCUT2D eigenvalue weighted by molar-refractivity contribution is 5.73. The van der Waals surface area contributed by atoms with Crippen LogP contribution in [-0.2, 0) is 4.79 Å². The number of aliphatic carboxylic acids is 1. The molecule has 2 rings (SSSR count). The minimum atomic E-state index is -0.715. The Labute approximate surface area is 148 Å². The third-order valence-electron chi connectivity index (χ3n) is 4.31. The molecule has 0 unspecified atom stereocenters. The van der Waals surface area contributed by atoms with E-state index in [4.69, 9.17) is 9.84 Å². The number of hydrogen-bond donors (Lipinski definition) is 2. The Morgan fingerprint density at radius 3 is 2.56 bits per heavy atom. The number of rotatable bonds is 11. The molecule has 0 aliphatic rings. The molecule has 0 aromatic carbocycles. The van der Waals surface area contributed by atoms with E-state index >= 15 is 0 Å². The van der Waals surface area contributed by atoms with E-state index in [9.17, 15) is 4.79 Å². The van der Waals surface area contributed by atoms with Crippen molar-refractivity contribution in [2.45, 2.75) is 52.4 Å². The number of hydrogen-bond acceptors (Lipinski definition) is 4. The Morgan fingerprint density at radius 1 is 1.16 bits per heavy atom. The Bertz CT molecular complexity index is 636. The SMILES string of the molecule is CC(C)(CCCCCCCOc1ccc(-c2ccn[nH]2)nc1)C(=O)O. The average Bonchev–Trinajstić information content (AvgIpc) is 3.12. The molecule has 0 spiro atoms. The van der Waals surface area contributed by atoms with E-state index in [1.54, 1.807) is 26.2 Å². The fourth-order valence-electron chi connectivity index (χ4n) is 2.52. The molecule has 2 aromatic rings. The largest absolute Gasteiger partial charge is 0.492 e. The Hall–Kier alpha value is -2.37. The van der Waals surface area contributed by atoms with Crippen molar-refractivity contribution in [2.24, 2.45) is 5.41 Å². The standard InChI is InChI=1S/C19H27N3O3/c1-19(2,18(23)24)11-6-4-3-5-7-13-25-15-8-9-16(20-14-15)17-10-12-21-22-17/h8-10,12,14H,3-7,11,13H2,1-2H3,(H,21,22)(H,23,24). The number of aromatic nitrogens is 3. The van der Waals surface area contributed by atoms with Gasteiger partial charge in [0.2, 0.25) is 0 Å². The van der Waals surface area contributed by atoms with Gasteiger partial charge in [-0.05, 0) is 44.9 Å². The molecule has 0 atom stereocenters. The molecule has 0 aliphatic carbocycles. The minimum Gasteiger partial charge on any atom is -0.492 e. The van der Waals surface area contributed by atoms with E-state index < -0.39 is 11.4 Å². The van der Waals surface area contributed by atoms with Gasteiger partial charge < -0.3 is 9.84 Å². The number of nitrogens with zero attached hydrogens (tertiary/aromatic N) is 2. The molecule has 0 bridgehead atoms. The lowest BCUT2D eigenvalue weighted by Crippen LogP contribution is -2.23. The summed E-state index contributed by atoms with van der Waals surface area (Å²) in [6, 6.07) is 5.70. The number of H-pyrrole nitrogens is 1. The summed E-state index contributed by atoms with van der Waals surface area (Å²) in [7, 11) is 0. The van der Waals surface area contributed by atoms with Gasteiger partial charge in [-0.25, -0.2) is 0 Å². The summed E-state index contributed by atoms with van der Waals surface area (Å²) in [6.07, 6.45) is 9.37. The number of nitrogens with one attached hydrogen (secondary N) is 1. The summed E-state index contributed by atoms with van der Waals surface area (Å²) in [5.74, 6) is 0.0551. The smallest absolute Gasteiger partial charge is 0.309 e. The summed E-state index contributed by atoms with van der Waals surface area (Å²) >= 11 is 0. The maximum absolute atomic E-state index is 11.0. The van der Waals surface area contributed by atoms with E-state index in [1.807, 2.05) is 18.2 Å². The normalized spacial score (nSPS) is 11.4. The zero-order chi connectivity index (χ0) is 18.1. The van der Waals surface area contributed by atoms with E-state index in [0.717, 1.165) is 55.7 Å². The van der Waals surface area contributed by atoms with Crippen LogP contribution in [0.5, 0.6) is 5.75 Å². The second-order valence-corrected chi connectivity index (χ2v) is 6.90. The molecule has 0 fully saturated rings. The molecule has 0 saturated carbocycles. The molecular formula is C19H27N3O3. The number of carboxylic acids is 1.